The second-order valence-corrected chi connectivity index (χ2v) is 7.77. The number of carbonyl (C=O) groups excluding carboxylic acids is 3. The van der Waals surface area contributed by atoms with E-state index in [4.69, 9.17) is 9.15 Å². The van der Waals surface area contributed by atoms with Crippen LogP contribution in [0.4, 0.5) is 0 Å². The normalized spacial score (nSPS) is 15.4. The zero-order valence-electron chi connectivity index (χ0n) is 17.9. The van der Waals surface area contributed by atoms with Crippen molar-refractivity contribution in [3.05, 3.63) is 59.5 Å². The first-order valence-corrected chi connectivity index (χ1v) is 10.4. The van der Waals surface area contributed by atoms with Gasteiger partial charge >= 0.3 is 0 Å². The second-order valence-electron chi connectivity index (χ2n) is 7.77. The summed E-state index contributed by atoms with van der Waals surface area (Å²) in [6.45, 7) is 3.25. The molecule has 1 fully saturated rings. The number of rotatable bonds is 8. The molecule has 31 heavy (non-hydrogen) atoms. The van der Waals surface area contributed by atoms with Gasteiger partial charge in [0.05, 0.1) is 12.8 Å². The van der Waals surface area contributed by atoms with E-state index >= 15 is 0 Å². The fourth-order valence-electron chi connectivity index (χ4n) is 3.80. The van der Waals surface area contributed by atoms with Gasteiger partial charge in [-0.3, -0.25) is 14.4 Å². The van der Waals surface area contributed by atoms with Crippen molar-refractivity contribution in [1.82, 2.24) is 15.5 Å². The average Bonchev–Trinajstić information content (AvgIpc) is 3.30. The lowest BCUT2D eigenvalue weighted by molar-refractivity contribution is -0.136. The largest absolute Gasteiger partial charge is 0.467 e. The van der Waals surface area contributed by atoms with Crippen LogP contribution in [0.15, 0.2) is 47.1 Å². The van der Waals surface area contributed by atoms with Gasteiger partial charge in [-0.1, -0.05) is 17.7 Å². The molecule has 1 aromatic heterocycles. The van der Waals surface area contributed by atoms with Crippen LogP contribution in [0.3, 0.4) is 0 Å². The quantitative estimate of drug-likeness (QED) is 0.670. The molecule has 2 heterocycles. The van der Waals surface area contributed by atoms with Crippen LogP contribution in [0.25, 0.3) is 0 Å². The maximum absolute atomic E-state index is 13.0. The summed E-state index contributed by atoms with van der Waals surface area (Å²) in [6, 6.07) is 10.1. The number of ether oxygens (including phenoxy) is 1. The highest BCUT2D eigenvalue weighted by molar-refractivity contribution is 5.97. The van der Waals surface area contributed by atoms with Gasteiger partial charge in [-0.2, -0.15) is 0 Å². The zero-order valence-corrected chi connectivity index (χ0v) is 17.9. The zero-order chi connectivity index (χ0) is 22.2. The van der Waals surface area contributed by atoms with Gasteiger partial charge in [0.1, 0.15) is 18.4 Å². The van der Waals surface area contributed by atoms with Crippen molar-refractivity contribution < 1.29 is 23.5 Å². The third-order valence-corrected chi connectivity index (χ3v) is 5.50. The Morgan fingerprint density at radius 2 is 1.97 bits per heavy atom. The highest BCUT2D eigenvalue weighted by atomic mass is 16.5. The molecule has 0 aliphatic carbocycles. The molecule has 1 unspecified atom stereocenters. The maximum Gasteiger partial charge on any atom is 0.251 e. The molecule has 1 aliphatic heterocycles. The maximum atomic E-state index is 13.0. The predicted octanol–water partition coefficient (Wildman–Crippen LogP) is 1.89. The first-order valence-electron chi connectivity index (χ1n) is 10.4. The summed E-state index contributed by atoms with van der Waals surface area (Å²) >= 11 is 0. The SMILES string of the molecule is COCC(=O)N1CCC(C(NC(=O)c2cccc(C)c2)C(=O)NCc2ccco2)CC1. The number of aryl methyl sites for hydroxylation is 1. The van der Waals surface area contributed by atoms with Crippen LogP contribution in [-0.4, -0.2) is 55.5 Å². The van der Waals surface area contributed by atoms with E-state index < -0.39 is 6.04 Å². The molecule has 1 atom stereocenters. The van der Waals surface area contributed by atoms with Gasteiger partial charge in [0, 0.05) is 25.8 Å². The van der Waals surface area contributed by atoms with Crippen LogP contribution < -0.4 is 10.6 Å². The van der Waals surface area contributed by atoms with Gasteiger partial charge in [-0.25, -0.2) is 0 Å². The summed E-state index contributed by atoms with van der Waals surface area (Å²) in [7, 11) is 1.49. The molecule has 0 saturated carbocycles. The summed E-state index contributed by atoms with van der Waals surface area (Å²) in [5, 5.41) is 5.78. The van der Waals surface area contributed by atoms with E-state index in [1.165, 1.54) is 7.11 Å². The molecule has 166 valence electrons. The van der Waals surface area contributed by atoms with Gasteiger partial charge < -0.3 is 24.7 Å². The van der Waals surface area contributed by atoms with Crippen molar-refractivity contribution in [1.29, 1.82) is 0 Å². The van der Waals surface area contributed by atoms with E-state index in [1.54, 1.807) is 35.4 Å². The molecule has 0 spiro atoms. The standard InChI is InChI=1S/C23H29N3O5/c1-16-5-3-6-18(13-16)22(28)25-21(23(29)24-14-19-7-4-12-31-19)17-8-10-26(11-9-17)20(27)15-30-2/h3-7,12-13,17,21H,8-11,14-15H2,1-2H3,(H,24,29)(H,25,28). The van der Waals surface area contributed by atoms with Crippen LogP contribution >= 0.6 is 0 Å². The van der Waals surface area contributed by atoms with Crippen LogP contribution in [0, 0.1) is 12.8 Å². The topological polar surface area (TPSA) is 101 Å². The van der Waals surface area contributed by atoms with Gasteiger partial charge in [-0.15, -0.1) is 0 Å². The Kier molecular flexibility index (Phi) is 7.83. The molecule has 1 saturated heterocycles. The number of furan rings is 1. The highest BCUT2D eigenvalue weighted by Crippen LogP contribution is 2.22. The van der Waals surface area contributed by atoms with E-state index in [1.807, 2.05) is 19.1 Å². The minimum Gasteiger partial charge on any atom is -0.467 e. The van der Waals surface area contributed by atoms with Crippen molar-refractivity contribution in [2.45, 2.75) is 32.4 Å². The van der Waals surface area contributed by atoms with E-state index in [0.717, 1.165) is 5.56 Å². The molecule has 0 bridgehead atoms. The van der Waals surface area contributed by atoms with Gasteiger partial charge in [-0.05, 0) is 49.9 Å². The molecule has 3 amide bonds. The van der Waals surface area contributed by atoms with Gasteiger partial charge in [0.25, 0.3) is 5.91 Å². The molecule has 0 radical (unpaired) electrons. The van der Waals surface area contributed by atoms with Crippen LogP contribution in [-0.2, 0) is 20.9 Å². The lowest BCUT2D eigenvalue weighted by atomic mass is 9.88. The lowest BCUT2D eigenvalue weighted by Gasteiger charge is -2.35. The summed E-state index contributed by atoms with van der Waals surface area (Å²) in [4.78, 5) is 39.7. The van der Waals surface area contributed by atoms with Crippen LogP contribution in [0.1, 0.15) is 34.5 Å². The number of hydrogen-bond acceptors (Lipinski definition) is 5. The molecule has 1 aromatic carbocycles. The Bertz CT molecular complexity index is 888. The van der Waals surface area contributed by atoms with Crippen molar-refractivity contribution in [2.75, 3.05) is 26.8 Å². The number of amides is 3. The fraction of sp³-hybridized carbons (Fsp3) is 0.435. The number of nitrogens with one attached hydrogen (secondary N) is 2. The van der Waals surface area contributed by atoms with Crippen LogP contribution in [0.5, 0.6) is 0 Å². The molecule has 2 aromatic rings. The van der Waals surface area contributed by atoms with Crippen LogP contribution in [0.2, 0.25) is 0 Å². The van der Waals surface area contributed by atoms with E-state index in [-0.39, 0.29) is 36.8 Å². The Balaban J connectivity index is 1.68. The highest BCUT2D eigenvalue weighted by Gasteiger charge is 2.34. The second kappa shape index (κ2) is 10.8. The van der Waals surface area contributed by atoms with E-state index in [9.17, 15) is 14.4 Å². The molecular formula is C23H29N3O5. The minimum absolute atomic E-state index is 0.0435. The Morgan fingerprint density at radius 3 is 2.61 bits per heavy atom. The van der Waals surface area contributed by atoms with Crippen molar-refractivity contribution in [3.8, 4) is 0 Å². The summed E-state index contributed by atoms with van der Waals surface area (Å²) in [5.74, 6) is -0.0728. The number of likely N-dealkylation sites (tertiary alicyclic amines) is 1. The third kappa shape index (κ3) is 6.18. The number of carbonyl (C=O) groups is 3. The fourth-order valence-corrected chi connectivity index (χ4v) is 3.80. The first kappa shape index (κ1) is 22.6. The van der Waals surface area contributed by atoms with Gasteiger partial charge in [0.15, 0.2) is 0 Å². The first-order chi connectivity index (χ1) is 15.0. The molecule has 1 aliphatic rings. The third-order valence-electron chi connectivity index (χ3n) is 5.50. The number of piperidine rings is 1. The molecule has 2 N–H and O–H groups in total. The monoisotopic (exact) mass is 427 g/mol. The van der Waals surface area contributed by atoms with Gasteiger partial charge in [0.2, 0.25) is 11.8 Å². The number of benzene rings is 1. The molecule has 8 nitrogen and oxygen atoms in total. The Labute approximate surface area is 181 Å². The lowest BCUT2D eigenvalue weighted by Crippen LogP contribution is -2.54. The summed E-state index contributed by atoms with van der Waals surface area (Å²) in [5.41, 5.74) is 1.48. The minimum atomic E-state index is -0.706. The van der Waals surface area contributed by atoms with Crippen molar-refractivity contribution >= 4 is 17.7 Å². The van der Waals surface area contributed by atoms with E-state index in [2.05, 4.69) is 10.6 Å². The smallest absolute Gasteiger partial charge is 0.251 e. The summed E-state index contributed by atoms with van der Waals surface area (Å²) in [6.07, 6.45) is 2.77. The van der Waals surface area contributed by atoms with E-state index in [0.29, 0.717) is 37.3 Å². The average molecular weight is 428 g/mol. The Morgan fingerprint density at radius 1 is 1.19 bits per heavy atom. The molecular weight excluding hydrogens is 398 g/mol. The Hall–Kier alpha value is -3.13. The van der Waals surface area contributed by atoms with Crippen molar-refractivity contribution in [3.63, 3.8) is 0 Å². The number of hydrogen-bond donors (Lipinski definition) is 2. The molecule has 8 heteroatoms. The predicted molar refractivity (Wildman–Crippen MR) is 114 cm³/mol. The number of methoxy groups -OCH3 is 1. The number of nitrogens with zero attached hydrogens (tertiary/aromatic N) is 1. The molecule has 3 rings (SSSR count). The van der Waals surface area contributed by atoms with Crippen molar-refractivity contribution in [2.24, 2.45) is 5.92 Å². The summed E-state index contributed by atoms with van der Waals surface area (Å²) < 4.78 is 10.2.